The van der Waals surface area contributed by atoms with Crippen LogP contribution in [0.15, 0.2) is 54.6 Å². The van der Waals surface area contributed by atoms with Crippen LogP contribution in [-0.4, -0.2) is 9.66 Å². The van der Waals surface area contributed by atoms with Crippen LogP contribution in [0.3, 0.4) is 0 Å². The first kappa shape index (κ1) is 12.6. The van der Waals surface area contributed by atoms with Crippen molar-refractivity contribution in [2.75, 3.05) is 11.6 Å². The number of aromatic nitrogens is 2. The predicted octanol–water partition coefficient (Wildman–Crippen LogP) is 3.17. The van der Waals surface area contributed by atoms with E-state index in [1.165, 1.54) is 4.68 Å². The maximum atomic E-state index is 6.06. The number of benzene rings is 2. The molecular formula is C15H13ClN4. The van der Waals surface area contributed by atoms with E-state index in [0.29, 0.717) is 22.4 Å². The van der Waals surface area contributed by atoms with Crippen molar-refractivity contribution in [3.8, 4) is 22.6 Å². The summed E-state index contributed by atoms with van der Waals surface area (Å²) < 4.78 is 1.39. The second-order valence-electron chi connectivity index (χ2n) is 4.42. The van der Waals surface area contributed by atoms with Crippen LogP contribution in [0.5, 0.6) is 0 Å². The molecule has 0 spiro atoms. The molecule has 0 radical (unpaired) electrons. The lowest BCUT2D eigenvalue weighted by molar-refractivity contribution is 1.02. The fourth-order valence-corrected chi connectivity index (χ4v) is 2.27. The van der Waals surface area contributed by atoms with Crippen molar-refractivity contribution in [3.63, 3.8) is 0 Å². The molecule has 2 aromatic carbocycles. The number of nitrogen functional groups attached to an aromatic ring is 2. The van der Waals surface area contributed by atoms with Crippen molar-refractivity contribution in [2.24, 2.45) is 0 Å². The SMILES string of the molecule is Nc1c(-c2cccc(Cl)c2)nc(-c2ccccc2)n1N. The van der Waals surface area contributed by atoms with E-state index in [1.807, 2.05) is 48.5 Å². The molecule has 0 aliphatic heterocycles. The summed E-state index contributed by atoms with van der Waals surface area (Å²) in [5.74, 6) is 7.04. The van der Waals surface area contributed by atoms with Gasteiger partial charge < -0.3 is 11.6 Å². The average molecular weight is 285 g/mol. The minimum Gasteiger partial charge on any atom is -0.382 e. The van der Waals surface area contributed by atoms with Crippen molar-refractivity contribution in [1.82, 2.24) is 9.66 Å². The molecule has 4 nitrogen and oxygen atoms in total. The Kier molecular flexibility index (Phi) is 3.08. The highest BCUT2D eigenvalue weighted by Crippen LogP contribution is 2.30. The molecule has 0 bridgehead atoms. The molecule has 100 valence electrons. The van der Waals surface area contributed by atoms with E-state index in [2.05, 4.69) is 4.98 Å². The third-order valence-corrected chi connectivity index (χ3v) is 3.31. The number of nitrogens with zero attached hydrogens (tertiary/aromatic N) is 2. The van der Waals surface area contributed by atoms with Gasteiger partial charge in [-0.05, 0) is 12.1 Å². The van der Waals surface area contributed by atoms with E-state index in [9.17, 15) is 0 Å². The Hall–Kier alpha value is -2.46. The van der Waals surface area contributed by atoms with Gasteiger partial charge >= 0.3 is 0 Å². The molecule has 0 aliphatic rings. The van der Waals surface area contributed by atoms with Crippen LogP contribution >= 0.6 is 11.6 Å². The van der Waals surface area contributed by atoms with Gasteiger partial charge in [-0.2, -0.15) is 0 Å². The number of nitrogens with two attached hydrogens (primary N) is 2. The summed E-state index contributed by atoms with van der Waals surface area (Å²) in [5, 5.41) is 0.634. The third kappa shape index (κ3) is 2.10. The molecule has 0 aliphatic carbocycles. The molecular weight excluding hydrogens is 272 g/mol. The van der Waals surface area contributed by atoms with Crippen LogP contribution in [0.2, 0.25) is 5.02 Å². The summed E-state index contributed by atoms with van der Waals surface area (Å²) in [5.41, 5.74) is 8.44. The molecule has 3 rings (SSSR count). The summed E-state index contributed by atoms with van der Waals surface area (Å²) >= 11 is 6.00. The molecule has 4 N–H and O–H groups in total. The Morgan fingerprint density at radius 2 is 1.65 bits per heavy atom. The average Bonchev–Trinajstić information content (AvgIpc) is 2.76. The summed E-state index contributed by atoms with van der Waals surface area (Å²) in [7, 11) is 0. The highest BCUT2D eigenvalue weighted by molar-refractivity contribution is 6.30. The molecule has 0 amide bonds. The normalized spacial score (nSPS) is 10.7. The van der Waals surface area contributed by atoms with E-state index >= 15 is 0 Å². The number of hydrogen-bond donors (Lipinski definition) is 2. The van der Waals surface area contributed by atoms with Crippen LogP contribution in [0.25, 0.3) is 22.6 Å². The third-order valence-electron chi connectivity index (χ3n) is 3.08. The first-order valence-corrected chi connectivity index (χ1v) is 6.49. The van der Waals surface area contributed by atoms with Crippen molar-refractivity contribution in [3.05, 3.63) is 59.6 Å². The molecule has 1 aromatic heterocycles. The zero-order valence-corrected chi connectivity index (χ0v) is 11.4. The second kappa shape index (κ2) is 4.90. The van der Waals surface area contributed by atoms with Gasteiger partial charge in [0.15, 0.2) is 11.6 Å². The van der Waals surface area contributed by atoms with Gasteiger partial charge in [-0.25, -0.2) is 9.66 Å². The largest absolute Gasteiger partial charge is 0.382 e. The molecule has 0 atom stereocenters. The molecule has 0 unspecified atom stereocenters. The molecule has 0 fully saturated rings. The lowest BCUT2D eigenvalue weighted by Crippen LogP contribution is -2.13. The lowest BCUT2D eigenvalue weighted by atomic mass is 10.1. The smallest absolute Gasteiger partial charge is 0.160 e. The summed E-state index contributed by atoms with van der Waals surface area (Å²) in [6, 6.07) is 17.1. The molecule has 1 heterocycles. The number of rotatable bonds is 2. The van der Waals surface area contributed by atoms with Crippen LogP contribution in [0.4, 0.5) is 5.82 Å². The van der Waals surface area contributed by atoms with E-state index in [0.717, 1.165) is 11.1 Å². The van der Waals surface area contributed by atoms with Crippen molar-refractivity contribution in [1.29, 1.82) is 0 Å². The Morgan fingerprint density at radius 1 is 0.950 bits per heavy atom. The Morgan fingerprint density at radius 3 is 2.35 bits per heavy atom. The molecule has 0 saturated heterocycles. The van der Waals surface area contributed by atoms with Crippen molar-refractivity contribution < 1.29 is 0 Å². The van der Waals surface area contributed by atoms with Gasteiger partial charge in [0.2, 0.25) is 0 Å². The zero-order valence-electron chi connectivity index (χ0n) is 10.6. The van der Waals surface area contributed by atoms with Crippen LogP contribution < -0.4 is 11.6 Å². The van der Waals surface area contributed by atoms with Gasteiger partial charge in [0.05, 0.1) is 0 Å². The van der Waals surface area contributed by atoms with Crippen LogP contribution in [0.1, 0.15) is 0 Å². The summed E-state index contributed by atoms with van der Waals surface area (Å²) in [6.07, 6.45) is 0. The van der Waals surface area contributed by atoms with E-state index in [4.69, 9.17) is 23.2 Å². The first-order valence-electron chi connectivity index (χ1n) is 6.11. The minimum atomic E-state index is 0.408. The maximum Gasteiger partial charge on any atom is 0.160 e. The van der Waals surface area contributed by atoms with E-state index in [-0.39, 0.29) is 0 Å². The highest BCUT2D eigenvalue weighted by atomic mass is 35.5. The lowest BCUT2D eigenvalue weighted by Gasteiger charge is -2.02. The molecule has 20 heavy (non-hydrogen) atoms. The van der Waals surface area contributed by atoms with E-state index < -0.39 is 0 Å². The second-order valence-corrected chi connectivity index (χ2v) is 4.85. The number of hydrogen-bond acceptors (Lipinski definition) is 3. The number of anilines is 1. The van der Waals surface area contributed by atoms with Gasteiger partial charge in [0, 0.05) is 16.1 Å². The topological polar surface area (TPSA) is 69.9 Å². The summed E-state index contributed by atoms with van der Waals surface area (Å²) in [6.45, 7) is 0. The van der Waals surface area contributed by atoms with Gasteiger partial charge in [0.1, 0.15) is 5.69 Å². The number of halogens is 1. The number of imidazole rings is 1. The Bertz CT molecular complexity index is 750. The van der Waals surface area contributed by atoms with Gasteiger partial charge in [-0.15, -0.1) is 0 Å². The van der Waals surface area contributed by atoms with Crippen molar-refractivity contribution >= 4 is 17.4 Å². The Labute approximate surface area is 121 Å². The van der Waals surface area contributed by atoms with Gasteiger partial charge in [0.25, 0.3) is 0 Å². The van der Waals surface area contributed by atoms with Gasteiger partial charge in [-0.3, -0.25) is 0 Å². The maximum absolute atomic E-state index is 6.06. The molecule has 5 heteroatoms. The Balaban J connectivity index is 2.16. The molecule has 3 aromatic rings. The highest BCUT2D eigenvalue weighted by Gasteiger charge is 2.15. The fourth-order valence-electron chi connectivity index (χ4n) is 2.08. The first-order chi connectivity index (χ1) is 9.66. The fraction of sp³-hybridized carbons (Fsp3) is 0. The monoisotopic (exact) mass is 284 g/mol. The standard InChI is InChI=1S/C15H13ClN4/c16-12-8-4-7-11(9-12)13-14(17)20(18)15(19-13)10-5-2-1-3-6-10/h1-9H,17-18H2. The molecule has 0 saturated carbocycles. The van der Waals surface area contributed by atoms with E-state index in [1.54, 1.807) is 6.07 Å². The zero-order chi connectivity index (χ0) is 14.1. The minimum absolute atomic E-state index is 0.408. The van der Waals surface area contributed by atoms with Gasteiger partial charge in [-0.1, -0.05) is 54.1 Å². The van der Waals surface area contributed by atoms with Crippen LogP contribution in [0, 0.1) is 0 Å². The summed E-state index contributed by atoms with van der Waals surface area (Å²) in [4.78, 5) is 4.55. The van der Waals surface area contributed by atoms with Crippen molar-refractivity contribution in [2.45, 2.75) is 0 Å². The quantitative estimate of drug-likeness (QED) is 0.710. The predicted molar refractivity (Wildman–Crippen MR) is 82.7 cm³/mol. The van der Waals surface area contributed by atoms with Crippen LogP contribution in [-0.2, 0) is 0 Å².